The van der Waals surface area contributed by atoms with Crippen LogP contribution in [0, 0.1) is 6.92 Å². The van der Waals surface area contributed by atoms with Gasteiger partial charge in [0.25, 0.3) is 0 Å². The standard InChI is InChI=1S/C14H18N2O3S/c1-10(2)12-4-6-14(7-5-12)20(17,18)15-9-13-8-11(3)19-16-13/h4-8,10,15H,9H2,1-3H3. The van der Waals surface area contributed by atoms with E-state index in [9.17, 15) is 8.42 Å². The molecule has 0 bridgehead atoms. The summed E-state index contributed by atoms with van der Waals surface area (Å²) in [7, 11) is -3.52. The van der Waals surface area contributed by atoms with Crippen molar-refractivity contribution >= 4 is 10.0 Å². The van der Waals surface area contributed by atoms with Crippen LogP contribution >= 0.6 is 0 Å². The molecule has 0 fully saturated rings. The van der Waals surface area contributed by atoms with Crippen LogP contribution in [0.2, 0.25) is 0 Å². The fourth-order valence-corrected chi connectivity index (χ4v) is 2.78. The van der Waals surface area contributed by atoms with Gasteiger partial charge in [-0.25, -0.2) is 13.1 Å². The van der Waals surface area contributed by atoms with Crippen molar-refractivity contribution in [2.75, 3.05) is 0 Å². The van der Waals surface area contributed by atoms with Crippen molar-refractivity contribution in [3.8, 4) is 0 Å². The van der Waals surface area contributed by atoms with E-state index in [1.807, 2.05) is 12.1 Å². The van der Waals surface area contributed by atoms with Crippen LogP contribution in [0.15, 0.2) is 39.8 Å². The fourth-order valence-electron chi connectivity index (χ4n) is 1.79. The van der Waals surface area contributed by atoms with Gasteiger partial charge in [0, 0.05) is 6.07 Å². The first kappa shape index (κ1) is 14.7. The first-order valence-electron chi connectivity index (χ1n) is 6.40. The van der Waals surface area contributed by atoms with E-state index < -0.39 is 10.0 Å². The van der Waals surface area contributed by atoms with E-state index >= 15 is 0 Å². The molecule has 1 heterocycles. The van der Waals surface area contributed by atoms with Gasteiger partial charge in [0.2, 0.25) is 10.0 Å². The minimum atomic E-state index is -3.52. The Kier molecular flexibility index (Phi) is 4.25. The van der Waals surface area contributed by atoms with E-state index in [1.165, 1.54) is 0 Å². The predicted octanol–water partition coefficient (Wildman–Crippen LogP) is 2.58. The van der Waals surface area contributed by atoms with E-state index in [0.717, 1.165) is 5.56 Å². The van der Waals surface area contributed by atoms with Gasteiger partial charge in [0.05, 0.1) is 17.1 Å². The predicted molar refractivity (Wildman–Crippen MR) is 75.8 cm³/mol. The molecule has 0 aliphatic carbocycles. The SMILES string of the molecule is Cc1cc(CNS(=O)(=O)c2ccc(C(C)C)cc2)no1. The average Bonchev–Trinajstić information content (AvgIpc) is 2.82. The number of aromatic nitrogens is 1. The Balaban J connectivity index is 2.09. The molecule has 108 valence electrons. The maximum Gasteiger partial charge on any atom is 0.240 e. The molecule has 5 nitrogen and oxygen atoms in total. The zero-order chi connectivity index (χ0) is 14.8. The summed E-state index contributed by atoms with van der Waals surface area (Å²) in [5.74, 6) is 1.03. The molecule has 0 amide bonds. The quantitative estimate of drug-likeness (QED) is 0.920. The second-order valence-electron chi connectivity index (χ2n) is 4.98. The van der Waals surface area contributed by atoms with Gasteiger partial charge < -0.3 is 4.52 Å². The van der Waals surface area contributed by atoms with E-state index in [0.29, 0.717) is 17.4 Å². The number of hydrogen-bond acceptors (Lipinski definition) is 4. The van der Waals surface area contributed by atoms with Crippen LogP contribution in [0.1, 0.15) is 36.8 Å². The molecule has 1 N–H and O–H groups in total. The highest BCUT2D eigenvalue weighted by Crippen LogP contribution is 2.17. The van der Waals surface area contributed by atoms with Crippen molar-refractivity contribution < 1.29 is 12.9 Å². The molecule has 0 unspecified atom stereocenters. The van der Waals surface area contributed by atoms with Gasteiger partial charge in [-0.2, -0.15) is 0 Å². The topological polar surface area (TPSA) is 72.2 Å². The molecule has 2 rings (SSSR count). The minimum absolute atomic E-state index is 0.117. The molecule has 0 spiro atoms. The number of aryl methyl sites for hydroxylation is 1. The first-order valence-corrected chi connectivity index (χ1v) is 7.88. The molecule has 0 radical (unpaired) electrons. The van der Waals surface area contributed by atoms with E-state index in [4.69, 9.17) is 4.52 Å². The van der Waals surface area contributed by atoms with E-state index in [1.54, 1.807) is 25.1 Å². The Morgan fingerprint density at radius 3 is 2.40 bits per heavy atom. The third kappa shape index (κ3) is 3.46. The summed E-state index contributed by atoms with van der Waals surface area (Å²) >= 11 is 0. The first-order chi connectivity index (χ1) is 9.38. The van der Waals surface area contributed by atoms with Crippen molar-refractivity contribution in [1.82, 2.24) is 9.88 Å². The number of nitrogens with one attached hydrogen (secondary N) is 1. The number of hydrogen-bond donors (Lipinski definition) is 1. The van der Waals surface area contributed by atoms with Crippen LogP contribution in [0.4, 0.5) is 0 Å². The summed E-state index contributed by atoms with van der Waals surface area (Å²) in [6.07, 6.45) is 0. The van der Waals surface area contributed by atoms with Gasteiger partial charge in [-0.05, 0) is 30.5 Å². The van der Waals surface area contributed by atoms with Crippen LogP contribution in [0.3, 0.4) is 0 Å². The molecule has 1 aromatic carbocycles. The van der Waals surface area contributed by atoms with Crippen LogP contribution in [-0.2, 0) is 16.6 Å². The van der Waals surface area contributed by atoms with Gasteiger partial charge >= 0.3 is 0 Å². The maximum atomic E-state index is 12.1. The molecule has 0 saturated carbocycles. The van der Waals surface area contributed by atoms with Gasteiger partial charge in [-0.15, -0.1) is 0 Å². The fraction of sp³-hybridized carbons (Fsp3) is 0.357. The van der Waals surface area contributed by atoms with Gasteiger partial charge in [-0.3, -0.25) is 0 Å². The van der Waals surface area contributed by atoms with E-state index in [-0.39, 0.29) is 11.4 Å². The second kappa shape index (κ2) is 5.76. The highest BCUT2D eigenvalue weighted by Gasteiger charge is 2.14. The lowest BCUT2D eigenvalue weighted by Gasteiger charge is -2.08. The lowest BCUT2D eigenvalue weighted by atomic mass is 10.0. The number of nitrogens with zero attached hydrogens (tertiary/aromatic N) is 1. The molecule has 2 aromatic rings. The highest BCUT2D eigenvalue weighted by molar-refractivity contribution is 7.89. The Morgan fingerprint density at radius 2 is 1.90 bits per heavy atom. The Labute approximate surface area is 119 Å². The van der Waals surface area contributed by atoms with Crippen LogP contribution in [0.25, 0.3) is 0 Å². The summed E-state index contributed by atoms with van der Waals surface area (Å²) in [5.41, 5.74) is 1.67. The van der Waals surface area contributed by atoms with Gasteiger partial charge in [-0.1, -0.05) is 31.1 Å². The Bertz CT molecular complexity index is 673. The molecule has 0 aliphatic heterocycles. The maximum absolute atomic E-state index is 12.1. The van der Waals surface area contributed by atoms with Crippen LogP contribution < -0.4 is 4.72 Å². The summed E-state index contributed by atoms with van der Waals surface area (Å²) < 4.78 is 31.6. The monoisotopic (exact) mass is 294 g/mol. The Hall–Kier alpha value is -1.66. The van der Waals surface area contributed by atoms with Crippen LogP contribution in [-0.4, -0.2) is 13.6 Å². The number of benzene rings is 1. The summed E-state index contributed by atoms with van der Waals surface area (Å²) in [6, 6.07) is 8.60. The van der Waals surface area contributed by atoms with Crippen molar-refractivity contribution in [2.45, 2.75) is 38.1 Å². The third-order valence-electron chi connectivity index (χ3n) is 2.98. The minimum Gasteiger partial charge on any atom is -0.361 e. The molecular weight excluding hydrogens is 276 g/mol. The molecule has 0 aliphatic rings. The molecular formula is C14H18N2O3S. The number of sulfonamides is 1. The van der Waals surface area contributed by atoms with Crippen LogP contribution in [0.5, 0.6) is 0 Å². The van der Waals surface area contributed by atoms with Gasteiger partial charge in [0.15, 0.2) is 0 Å². The van der Waals surface area contributed by atoms with Crippen molar-refractivity contribution in [1.29, 1.82) is 0 Å². The molecule has 0 saturated heterocycles. The van der Waals surface area contributed by atoms with Crippen molar-refractivity contribution in [3.05, 3.63) is 47.3 Å². The van der Waals surface area contributed by atoms with Crippen molar-refractivity contribution in [3.63, 3.8) is 0 Å². The second-order valence-corrected chi connectivity index (χ2v) is 6.74. The zero-order valence-corrected chi connectivity index (χ0v) is 12.6. The third-order valence-corrected chi connectivity index (χ3v) is 4.39. The Morgan fingerprint density at radius 1 is 1.25 bits per heavy atom. The average molecular weight is 294 g/mol. The lowest BCUT2D eigenvalue weighted by Crippen LogP contribution is -2.23. The number of rotatable bonds is 5. The summed E-state index contributed by atoms with van der Waals surface area (Å²) in [6.45, 7) is 6.00. The largest absolute Gasteiger partial charge is 0.361 e. The molecule has 1 aromatic heterocycles. The molecule has 20 heavy (non-hydrogen) atoms. The normalized spacial score (nSPS) is 12.0. The van der Waals surface area contributed by atoms with Gasteiger partial charge in [0.1, 0.15) is 5.76 Å². The van der Waals surface area contributed by atoms with E-state index in [2.05, 4.69) is 23.7 Å². The smallest absolute Gasteiger partial charge is 0.240 e. The zero-order valence-electron chi connectivity index (χ0n) is 11.8. The molecule has 0 atom stereocenters. The molecule has 6 heteroatoms. The lowest BCUT2D eigenvalue weighted by molar-refractivity contribution is 0.390. The summed E-state index contributed by atoms with van der Waals surface area (Å²) in [5, 5.41) is 3.75. The van der Waals surface area contributed by atoms with Crippen molar-refractivity contribution in [2.24, 2.45) is 0 Å². The summed E-state index contributed by atoms with van der Waals surface area (Å²) in [4.78, 5) is 0.252. The highest BCUT2D eigenvalue weighted by atomic mass is 32.2.